The van der Waals surface area contributed by atoms with Crippen molar-refractivity contribution in [1.29, 1.82) is 0 Å². The largest absolute Gasteiger partial charge is 0.377 e. The van der Waals surface area contributed by atoms with Crippen LogP contribution >= 0.6 is 11.6 Å². The molecule has 0 spiro atoms. The Morgan fingerprint density at radius 1 is 0.950 bits per heavy atom. The average molecular weight is 323 g/mol. The van der Waals surface area contributed by atoms with E-state index in [9.17, 15) is 21.6 Å². The Balaban J connectivity index is 2.41. The Bertz CT molecular complexity index is 763. The Labute approximate surface area is 117 Å². The summed E-state index contributed by atoms with van der Waals surface area (Å²) >= 11 is 5.60. The second-order valence-corrected chi connectivity index (χ2v) is 5.61. The van der Waals surface area contributed by atoms with E-state index in [0.29, 0.717) is 6.07 Å². The second kappa shape index (κ2) is 5.34. The number of hydrogen-bond donors (Lipinski definition) is 0. The van der Waals surface area contributed by atoms with Gasteiger partial charge in [0.1, 0.15) is 22.3 Å². The highest BCUT2D eigenvalue weighted by Crippen LogP contribution is 2.28. The molecule has 0 aromatic heterocycles. The van der Waals surface area contributed by atoms with E-state index in [1.54, 1.807) is 0 Å². The zero-order valence-corrected chi connectivity index (χ0v) is 11.2. The van der Waals surface area contributed by atoms with Gasteiger partial charge in [0.2, 0.25) is 0 Å². The van der Waals surface area contributed by atoms with E-state index in [4.69, 9.17) is 11.6 Å². The highest BCUT2D eigenvalue weighted by atomic mass is 35.5. The van der Waals surface area contributed by atoms with Gasteiger partial charge in [-0.15, -0.1) is 0 Å². The van der Waals surface area contributed by atoms with Crippen molar-refractivity contribution in [1.82, 2.24) is 0 Å². The molecule has 2 aromatic carbocycles. The quantitative estimate of drug-likeness (QED) is 0.812. The average Bonchev–Trinajstić information content (AvgIpc) is 2.32. The summed E-state index contributed by atoms with van der Waals surface area (Å²) in [5.74, 6) is -3.28. The van der Waals surface area contributed by atoms with E-state index >= 15 is 0 Å². The van der Waals surface area contributed by atoms with Crippen molar-refractivity contribution in [2.75, 3.05) is 0 Å². The lowest BCUT2D eigenvalue weighted by atomic mass is 10.3. The molecular weight excluding hydrogens is 317 g/mol. The van der Waals surface area contributed by atoms with E-state index in [2.05, 4.69) is 4.18 Å². The highest BCUT2D eigenvalue weighted by molar-refractivity contribution is 7.87. The first-order valence-corrected chi connectivity index (χ1v) is 6.93. The molecule has 0 radical (unpaired) electrons. The Hall–Kier alpha value is -1.73. The maximum Gasteiger partial charge on any atom is 0.342 e. The lowest BCUT2D eigenvalue weighted by Gasteiger charge is -2.09. The minimum absolute atomic E-state index is 0.295. The van der Waals surface area contributed by atoms with Crippen LogP contribution < -0.4 is 4.18 Å². The minimum atomic E-state index is -4.54. The number of benzene rings is 2. The van der Waals surface area contributed by atoms with Crippen molar-refractivity contribution < 1.29 is 25.8 Å². The molecule has 0 unspecified atom stereocenters. The molecule has 0 bridgehead atoms. The van der Waals surface area contributed by atoms with Crippen LogP contribution in [0.4, 0.5) is 13.2 Å². The predicted molar refractivity (Wildman–Crippen MR) is 65.6 cm³/mol. The van der Waals surface area contributed by atoms with E-state index in [1.807, 2.05) is 0 Å². The molecule has 106 valence electrons. The monoisotopic (exact) mass is 322 g/mol. The topological polar surface area (TPSA) is 43.4 Å². The van der Waals surface area contributed by atoms with Crippen molar-refractivity contribution in [3.05, 3.63) is 58.9 Å². The maximum atomic E-state index is 13.4. The van der Waals surface area contributed by atoms with Crippen LogP contribution in [0.15, 0.2) is 41.3 Å². The van der Waals surface area contributed by atoms with Crippen molar-refractivity contribution in [2.24, 2.45) is 0 Å². The molecule has 0 heterocycles. The molecule has 8 heteroatoms. The first-order valence-electron chi connectivity index (χ1n) is 5.14. The summed E-state index contributed by atoms with van der Waals surface area (Å²) in [6.07, 6.45) is 0. The van der Waals surface area contributed by atoms with Crippen LogP contribution in [0.25, 0.3) is 0 Å². The molecule has 2 aromatic rings. The molecule has 2 rings (SSSR count). The Kier molecular flexibility index (Phi) is 3.92. The fourth-order valence-corrected chi connectivity index (χ4v) is 2.64. The summed E-state index contributed by atoms with van der Waals surface area (Å²) in [7, 11) is -4.54. The predicted octanol–water partition coefficient (Wildman–Crippen LogP) is 3.53. The highest BCUT2D eigenvalue weighted by Gasteiger charge is 2.23. The van der Waals surface area contributed by atoms with Crippen LogP contribution in [0.3, 0.4) is 0 Å². The third kappa shape index (κ3) is 3.05. The summed E-state index contributed by atoms with van der Waals surface area (Å²) in [5.41, 5.74) is 0. The van der Waals surface area contributed by atoms with E-state index in [0.717, 1.165) is 30.3 Å². The standard InChI is InChI=1S/C12H6ClF3O3S/c13-9-5-7(14)1-3-11(9)19-20(17,18)12-4-2-8(15)6-10(12)16/h1-6H. The molecule has 0 fully saturated rings. The van der Waals surface area contributed by atoms with Crippen LogP contribution in [0.1, 0.15) is 0 Å². The van der Waals surface area contributed by atoms with Gasteiger partial charge in [0.25, 0.3) is 0 Å². The zero-order valence-electron chi connectivity index (χ0n) is 9.61. The molecule has 0 saturated heterocycles. The van der Waals surface area contributed by atoms with Gasteiger partial charge in [-0.25, -0.2) is 13.2 Å². The molecule has 0 N–H and O–H groups in total. The van der Waals surface area contributed by atoms with E-state index in [1.165, 1.54) is 0 Å². The second-order valence-electron chi connectivity index (χ2n) is 3.69. The van der Waals surface area contributed by atoms with Crippen molar-refractivity contribution in [3.8, 4) is 5.75 Å². The van der Waals surface area contributed by atoms with E-state index < -0.39 is 32.5 Å². The van der Waals surface area contributed by atoms with Gasteiger partial charge in [-0.05, 0) is 30.3 Å². The zero-order chi connectivity index (χ0) is 14.9. The summed E-state index contributed by atoms with van der Waals surface area (Å²) in [4.78, 5) is -0.848. The lowest BCUT2D eigenvalue weighted by Crippen LogP contribution is -2.12. The van der Waals surface area contributed by atoms with Crippen LogP contribution in [0.5, 0.6) is 5.75 Å². The van der Waals surface area contributed by atoms with Gasteiger partial charge in [0, 0.05) is 6.07 Å². The molecule has 3 nitrogen and oxygen atoms in total. The van der Waals surface area contributed by atoms with Gasteiger partial charge in [0.15, 0.2) is 5.75 Å². The summed E-state index contributed by atoms with van der Waals surface area (Å²) in [6, 6.07) is 4.65. The molecule has 0 atom stereocenters. The van der Waals surface area contributed by atoms with Gasteiger partial charge in [-0.1, -0.05) is 11.6 Å². The first-order chi connectivity index (χ1) is 9.29. The smallest absolute Gasteiger partial charge is 0.342 e. The minimum Gasteiger partial charge on any atom is -0.377 e. The summed E-state index contributed by atoms with van der Waals surface area (Å²) in [5, 5.41) is -0.295. The van der Waals surface area contributed by atoms with Gasteiger partial charge in [-0.2, -0.15) is 8.42 Å². The van der Waals surface area contributed by atoms with Gasteiger partial charge >= 0.3 is 10.1 Å². The van der Waals surface area contributed by atoms with Crippen molar-refractivity contribution >= 4 is 21.7 Å². The third-order valence-corrected chi connectivity index (χ3v) is 3.82. The third-order valence-electron chi connectivity index (χ3n) is 2.26. The van der Waals surface area contributed by atoms with Crippen LogP contribution in [-0.4, -0.2) is 8.42 Å². The fourth-order valence-electron chi connectivity index (χ4n) is 1.38. The Morgan fingerprint density at radius 3 is 2.15 bits per heavy atom. The van der Waals surface area contributed by atoms with Gasteiger partial charge in [-0.3, -0.25) is 0 Å². The number of hydrogen-bond acceptors (Lipinski definition) is 3. The molecule has 0 saturated carbocycles. The molecular formula is C12H6ClF3O3S. The van der Waals surface area contributed by atoms with Crippen molar-refractivity contribution in [2.45, 2.75) is 4.90 Å². The fraction of sp³-hybridized carbons (Fsp3) is 0. The van der Waals surface area contributed by atoms with Crippen LogP contribution in [-0.2, 0) is 10.1 Å². The summed E-state index contributed by atoms with van der Waals surface area (Å²) in [6.45, 7) is 0. The number of halogens is 4. The Morgan fingerprint density at radius 2 is 1.55 bits per heavy atom. The normalized spacial score (nSPS) is 11.4. The van der Waals surface area contributed by atoms with E-state index in [-0.39, 0.29) is 10.8 Å². The van der Waals surface area contributed by atoms with Gasteiger partial charge < -0.3 is 4.18 Å². The lowest BCUT2D eigenvalue weighted by molar-refractivity contribution is 0.473. The van der Waals surface area contributed by atoms with Crippen LogP contribution in [0.2, 0.25) is 5.02 Å². The molecule has 0 aliphatic carbocycles. The molecule has 0 amide bonds. The van der Waals surface area contributed by atoms with Crippen LogP contribution in [0, 0.1) is 17.5 Å². The number of rotatable bonds is 3. The SMILES string of the molecule is O=S(=O)(Oc1ccc(F)cc1Cl)c1ccc(F)cc1F. The summed E-state index contributed by atoms with van der Waals surface area (Å²) < 4.78 is 67.2. The molecule has 0 aliphatic heterocycles. The molecule has 20 heavy (non-hydrogen) atoms. The van der Waals surface area contributed by atoms with Gasteiger partial charge in [0.05, 0.1) is 5.02 Å². The molecule has 0 aliphatic rings. The van der Waals surface area contributed by atoms with Crippen molar-refractivity contribution in [3.63, 3.8) is 0 Å². The maximum absolute atomic E-state index is 13.4. The first kappa shape index (κ1) is 14.7.